The average molecular weight is 299 g/mol. The first-order valence-corrected chi connectivity index (χ1v) is 5.54. The quantitative estimate of drug-likeness (QED) is 0.927. The Morgan fingerprint density at radius 2 is 2.24 bits per heavy atom. The number of hydrogen-bond donors (Lipinski definition) is 1. The normalized spacial score (nSPS) is 10.3. The monoisotopic (exact) mass is 298 g/mol. The van der Waals surface area contributed by atoms with Crippen LogP contribution in [0.3, 0.4) is 0 Å². The average Bonchev–Trinajstić information content (AvgIpc) is 2.28. The number of nitrogens with zero attached hydrogens (tertiary/aromatic N) is 1. The van der Waals surface area contributed by atoms with E-state index in [9.17, 15) is 9.18 Å². The Labute approximate surface area is 105 Å². The summed E-state index contributed by atoms with van der Waals surface area (Å²) in [4.78, 5) is 17.6. The Hall–Kier alpha value is -1.69. The Balaban J connectivity index is 2.38. The van der Waals surface area contributed by atoms with Gasteiger partial charge >= 0.3 is 0 Å². The Bertz CT molecular complexity index is 613. The van der Waals surface area contributed by atoms with Gasteiger partial charge in [0.05, 0.1) is 6.33 Å². The summed E-state index contributed by atoms with van der Waals surface area (Å²) in [5.41, 5.74) is 0.286. The van der Waals surface area contributed by atoms with Gasteiger partial charge in [0.15, 0.2) is 0 Å². The van der Waals surface area contributed by atoms with Crippen molar-refractivity contribution in [3.05, 3.63) is 50.7 Å². The van der Waals surface area contributed by atoms with Crippen molar-refractivity contribution in [1.29, 1.82) is 0 Å². The first-order chi connectivity index (χ1) is 8.08. The van der Waals surface area contributed by atoms with Crippen molar-refractivity contribution in [1.82, 2.24) is 9.97 Å². The molecule has 0 atom stereocenters. The summed E-state index contributed by atoms with van der Waals surface area (Å²) in [5, 5.41) is 0. The molecule has 17 heavy (non-hydrogen) atoms. The van der Waals surface area contributed by atoms with Crippen molar-refractivity contribution in [3.63, 3.8) is 0 Å². The number of aryl methyl sites for hydroxylation is 1. The van der Waals surface area contributed by atoms with Gasteiger partial charge < -0.3 is 9.72 Å². The van der Waals surface area contributed by atoms with Gasteiger partial charge in [-0.3, -0.25) is 4.79 Å². The molecule has 0 unspecified atom stereocenters. The van der Waals surface area contributed by atoms with E-state index >= 15 is 0 Å². The highest BCUT2D eigenvalue weighted by molar-refractivity contribution is 9.10. The van der Waals surface area contributed by atoms with Gasteiger partial charge in [0.1, 0.15) is 16.0 Å². The van der Waals surface area contributed by atoms with Crippen LogP contribution in [0.2, 0.25) is 0 Å². The summed E-state index contributed by atoms with van der Waals surface area (Å²) >= 11 is 3.07. The highest BCUT2D eigenvalue weighted by atomic mass is 79.9. The van der Waals surface area contributed by atoms with Crippen molar-refractivity contribution < 1.29 is 9.13 Å². The second-order valence-corrected chi connectivity index (χ2v) is 4.16. The molecular weight excluding hydrogens is 291 g/mol. The van der Waals surface area contributed by atoms with Crippen molar-refractivity contribution in [2.45, 2.75) is 6.92 Å². The standard InChI is InChI=1S/C11H8BrFN2O2/c1-6-4-7(13)2-3-8(6)17-11-9(12)10(16)14-5-15-11/h2-5H,1H3,(H,14,15,16). The molecule has 0 fully saturated rings. The molecule has 0 bridgehead atoms. The van der Waals surface area contributed by atoms with E-state index in [1.54, 1.807) is 6.92 Å². The van der Waals surface area contributed by atoms with Gasteiger partial charge in [0.2, 0.25) is 5.88 Å². The van der Waals surface area contributed by atoms with Crippen LogP contribution in [-0.2, 0) is 0 Å². The fourth-order valence-electron chi connectivity index (χ4n) is 1.27. The first-order valence-electron chi connectivity index (χ1n) is 4.75. The summed E-state index contributed by atoms with van der Waals surface area (Å²) in [5.74, 6) is 0.251. The minimum Gasteiger partial charge on any atom is -0.437 e. The lowest BCUT2D eigenvalue weighted by Crippen LogP contribution is -2.08. The van der Waals surface area contributed by atoms with E-state index in [1.165, 1.54) is 24.5 Å². The lowest BCUT2D eigenvalue weighted by molar-refractivity contribution is 0.452. The van der Waals surface area contributed by atoms with Crippen LogP contribution in [0.15, 0.2) is 33.8 Å². The molecule has 0 saturated heterocycles. The zero-order valence-electron chi connectivity index (χ0n) is 8.83. The van der Waals surface area contributed by atoms with Crippen LogP contribution in [0.4, 0.5) is 4.39 Å². The molecule has 1 heterocycles. The number of rotatable bonds is 2. The number of H-pyrrole nitrogens is 1. The van der Waals surface area contributed by atoms with E-state index in [1.807, 2.05) is 0 Å². The van der Waals surface area contributed by atoms with Crippen LogP contribution in [0.5, 0.6) is 11.6 Å². The van der Waals surface area contributed by atoms with Crippen molar-refractivity contribution in [2.24, 2.45) is 0 Å². The number of aromatic amines is 1. The van der Waals surface area contributed by atoms with E-state index in [0.717, 1.165) is 0 Å². The molecule has 1 aromatic heterocycles. The molecule has 1 aromatic carbocycles. The predicted molar refractivity (Wildman–Crippen MR) is 63.8 cm³/mol. The van der Waals surface area contributed by atoms with Gasteiger partial charge in [-0.25, -0.2) is 9.37 Å². The molecule has 0 radical (unpaired) electrons. The van der Waals surface area contributed by atoms with Crippen LogP contribution in [0.25, 0.3) is 0 Å². The summed E-state index contributed by atoms with van der Waals surface area (Å²) in [6.07, 6.45) is 1.24. The zero-order chi connectivity index (χ0) is 12.4. The number of halogens is 2. The maximum Gasteiger partial charge on any atom is 0.268 e. The molecule has 6 heteroatoms. The van der Waals surface area contributed by atoms with Gasteiger partial charge in [-0.1, -0.05) is 0 Å². The maximum absolute atomic E-state index is 12.9. The largest absolute Gasteiger partial charge is 0.437 e. The van der Waals surface area contributed by atoms with Crippen molar-refractivity contribution in [3.8, 4) is 11.6 Å². The number of nitrogens with one attached hydrogen (secondary N) is 1. The summed E-state index contributed by atoms with van der Waals surface area (Å²) in [6, 6.07) is 4.11. The minimum atomic E-state index is -0.340. The van der Waals surface area contributed by atoms with Gasteiger partial charge in [-0.15, -0.1) is 0 Å². The summed E-state index contributed by atoms with van der Waals surface area (Å²) < 4.78 is 18.5. The predicted octanol–water partition coefficient (Wildman–Crippen LogP) is 2.77. The Kier molecular flexibility index (Phi) is 3.23. The van der Waals surface area contributed by atoms with Gasteiger partial charge in [-0.05, 0) is 46.6 Å². The number of aromatic nitrogens is 2. The molecule has 2 aromatic rings. The molecule has 0 amide bonds. The molecular formula is C11H8BrFN2O2. The SMILES string of the molecule is Cc1cc(F)ccc1Oc1nc[nH]c(=O)c1Br. The molecule has 88 valence electrons. The van der Waals surface area contributed by atoms with E-state index < -0.39 is 0 Å². The van der Waals surface area contributed by atoms with E-state index in [4.69, 9.17) is 4.74 Å². The topological polar surface area (TPSA) is 55.0 Å². The molecule has 1 N–H and O–H groups in total. The third kappa shape index (κ3) is 2.52. The lowest BCUT2D eigenvalue weighted by atomic mass is 10.2. The Morgan fingerprint density at radius 3 is 2.94 bits per heavy atom. The number of benzene rings is 1. The molecule has 0 aliphatic carbocycles. The number of hydrogen-bond acceptors (Lipinski definition) is 3. The third-order valence-corrected chi connectivity index (χ3v) is 2.81. The molecule has 0 saturated carbocycles. The third-order valence-electron chi connectivity index (χ3n) is 2.11. The molecule has 0 spiro atoms. The zero-order valence-corrected chi connectivity index (χ0v) is 10.4. The van der Waals surface area contributed by atoms with E-state index in [-0.39, 0.29) is 21.7 Å². The van der Waals surface area contributed by atoms with Gasteiger partial charge in [0.25, 0.3) is 5.56 Å². The van der Waals surface area contributed by atoms with Gasteiger partial charge in [0, 0.05) is 0 Å². The fourth-order valence-corrected chi connectivity index (χ4v) is 1.57. The Morgan fingerprint density at radius 1 is 1.47 bits per heavy atom. The maximum atomic E-state index is 12.9. The second-order valence-electron chi connectivity index (χ2n) is 3.36. The highest BCUT2D eigenvalue weighted by Gasteiger charge is 2.09. The molecule has 2 rings (SSSR count). The van der Waals surface area contributed by atoms with Crippen molar-refractivity contribution in [2.75, 3.05) is 0 Å². The van der Waals surface area contributed by atoms with Crippen molar-refractivity contribution >= 4 is 15.9 Å². The molecule has 4 nitrogen and oxygen atoms in total. The molecule has 0 aliphatic heterocycles. The van der Waals surface area contributed by atoms with Crippen LogP contribution >= 0.6 is 15.9 Å². The summed E-state index contributed by atoms with van der Waals surface area (Å²) in [7, 11) is 0. The minimum absolute atomic E-state index is 0.142. The van der Waals surface area contributed by atoms with Crippen LogP contribution in [0, 0.1) is 12.7 Å². The lowest BCUT2D eigenvalue weighted by Gasteiger charge is -2.08. The van der Waals surface area contributed by atoms with E-state index in [2.05, 4.69) is 25.9 Å². The van der Waals surface area contributed by atoms with Crippen LogP contribution < -0.4 is 10.3 Å². The fraction of sp³-hybridized carbons (Fsp3) is 0.0909. The highest BCUT2D eigenvalue weighted by Crippen LogP contribution is 2.27. The second kappa shape index (κ2) is 4.67. The molecule has 0 aliphatic rings. The van der Waals surface area contributed by atoms with Crippen LogP contribution in [0.1, 0.15) is 5.56 Å². The van der Waals surface area contributed by atoms with Gasteiger partial charge in [-0.2, -0.15) is 0 Å². The van der Waals surface area contributed by atoms with Crippen LogP contribution in [-0.4, -0.2) is 9.97 Å². The first kappa shape index (κ1) is 11.8. The van der Waals surface area contributed by atoms with E-state index in [0.29, 0.717) is 11.3 Å². The number of ether oxygens (including phenoxy) is 1. The summed E-state index contributed by atoms with van der Waals surface area (Å²) in [6.45, 7) is 1.71. The smallest absolute Gasteiger partial charge is 0.268 e.